The number of hydrogen-bond acceptors (Lipinski definition) is 4. The third kappa shape index (κ3) is 4.27. The summed E-state index contributed by atoms with van der Waals surface area (Å²) in [5.41, 5.74) is 1.52. The molecule has 0 spiro atoms. The van der Waals surface area contributed by atoms with E-state index in [2.05, 4.69) is 10.6 Å². The molecule has 5 nitrogen and oxygen atoms in total. The second-order valence-electron chi connectivity index (χ2n) is 5.77. The number of hydrogen-bond donors (Lipinski definition) is 3. The van der Waals surface area contributed by atoms with Gasteiger partial charge in [0.05, 0.1) is 12.6 Å². The number of carbonyl (C=O) groups is 1. The number of ether oxygens (including phenoxy) is 1. The quantitative estimate of drug-likeness (QED) is 0.768. The van der Waals surface area contributed by atoms with Crippen LogP contribution in [0, 0.1) is 6.92 Å². The lowest BCUT2D eigenvalue weighted by Crippen LogP contribution is -2.58. The van der Waals surface area contributed by atoms with Crippen LogP contribution in [0.4, 0.5) is 5.69 Å². The van der Waals surface area contributed by atoms with Crippen molar-refractivity contribution in [1.29, 1.82) is 0 Å². The molecule has 116 valence electrons. The lowest BCUT2D eigenvalue weighted by molar-refractivity contribution is -0.119. The maximum atomic E-state index is 12.2. The molecule has 1 atom stereocenters. The molecule has 0 aromatic heterocycles. The van der Waals surface area contributed by atoms with Gasteiger partial charge in [-0.2, -0.15) is 0 Å². The number of aryl methyl sites for hydroxylation is 1. The topological polar surface area (TPSA) is 70.6 Å². The second kappa shape index (κ2) is 7.02. The molecule has 0 radical (unpaired) electrons. The van der Waals surface area contributed by atoms with E-state index in [4.69, 9.17) is 4.74 Å². The Morgan fingerprint density at radius 2 is 1.95 bits per heavy atom. The Morgan fingerprint density at radius 1 is 1.33 bits per heavy atom. The smallest absolute Gasteiger partial charge is 0.241 e. The lowest BCUT2D eigenvalue weighted by atomic mass is 9.90. The van der Waals surface area contributed by atoms with Crippen LogP contribution in [0.15, 0.2) is 24.3 Å². The first kappa shape index (κ1) is 15.9. The molecule has 0 saturated carbocycles. The number of rotatable bonds is 5. The Kier molecular flexibility index (Phi) is 5.33. The third-order valence-corrected chi connectivity index (χ3v) is 3.99. The van der Waals surface area contributed by atoms with Crippen LogP contribution in [0.25, 0.3) is 0 Å². The molecule has 1 fully saturated rings. The number of benzene rings is 1. The monoisotopic (exact) mass is 292 g/mol. The molecule has 1 saturated heterocycles. The van der Waals surface area contributed by atoms with Gasteiger partial charge in [-0.15, -0.1) is 0 Å². The summed E-state index contributed by atoms with van der Waals surface area (Å²) in [5, 5.41) is 15.8. The predicted molar refractivity (Wildman–Crippen MR) is 82.3 cm³/mol. The van der Waals surface area contributed by atoms with E-state index in [1.54, 1.807) is 0 Å². The minimum Gasteiger partial charge on any atom is -0.394 e. The van der Waals surface area contributed by atoms with Crippen LogP contribution in [-0.4, -0.2) is 42.4 Å². The molecule has 21 heavy (non-hydrogen) atoms. The van der Waals surface area contributed by atoms with Gasteiger partial charge in [0.15, 0.2) is 0 Å². The average Bonchev–Trinajstić information content (AvgIpc) is 2.50. The zero-order chi connectivity index (χ0) is 15.3. The largest absolute Gasteiger partial charge is 0.394 e. The lowest BCUT2D eigenvalue weighted by Gasteiger charge is -2.38. The van der Waals surface area contributed by atoms with Gasteiger partial charge in [-0.05, 0) is 38.8 Å². The van der Waals surface area contributed by atoms with Gasteiger partial charge < -0.3 is 15.2 Å². The van der Waals surface area contributed by atoms with E-state index in [1.165, 1.54) is 0 Å². The highest BCUT2D eigenvalue weighted by atomic mass is 16.5. The standard InChI is InChI=1S/C16H24N2O3/c1-12-3-5-14(6-4-12)17-15(20)13(2)18-16(11-19)7-9-21-10-8-16/h3-6,13,18-19H,7-11H2,1-2H3,(H,17,20). The third-order valence-electron chi connectivity index (χ3n) is 3.99. The first-order valence-electron chi connectivity index (χ1n) is 7.38. The molecule has 0 aliphatic carbocycles. The van der Waals surface area contributed by atoms with E-state index in [-0.39, 0.29) is 18.6 Å². The van der Waals surface area contributed by atoms with Crippen LogP contribution in [0.3, 0.4) is 0 Å². The molecule has 1 amide bonds. The molecule has 1 aromatic rings. The van der Waals surface area contributed by atoms with Gasteiger partial charge >= 0.3 is 0 Å². The van der Waals surface area contributed by atoms with Crippen molar-refractivity contribution in [2.45, 2.75) is 38.3 Å². The zero-order valence-corrected chi connectivity index (χ0v) is 12.7. The second-order valence-corrected chi connectivity index (χ2v) is 5.77. The molecule has 1 aliphatic heterocycles. The highest BCUT2D eigenvalue weighted by Gasteiger charge is 2.34. The van der Waals surface area contributed by atoms with Crippen LogP contribution in [-0.2, 0) is 9.53 Å². The first-order chi connectivity index (χ1) is 10.0. The van der Waals surface area contributed by atoms with Crippen molar-refractivity contribution >= 4 is 11.6 Å². The molecule has 5 heteroatoms. The molecule has 1 aromatic carbocycles. The Bertz CT molecular complexity index is 467. The number of aliphatic hydroxyl groups is 1. The van der Waals surface area contributed by atoms with Crippen molar-refractivity contribution in [2.24, 2.45) is 0 Å². The molecular weight excluding hydrogens is 268 g/mol. The first-order valence-corrected chi connectivity index (χ1v) is 7.38. The maximum Gasteiger partial charge on any atom is 0.241 e. The number of aliphatic hydroxyl groups excluding tert-OH is 1. The van der Waals surface area contributed by atoms with Crippen molar-refractivity contribution in [2.75, 3.05) is 25.1 Å². The fourth-order valence-corrected chi connectivity index (χ4v) is 2.52. The van der Waals surface area contributed by atoms with Gasteiger partial charge in [0.25, 0.3) is 0 Å². The van der Waals surface area contributed by atoms with Gasteiger partial charge in [0, 0.05) is 24.4 Å². The Labute approximate surface area is 125 Å². The molecule has 1 unspecified atom stereocenters. The fraction of sp³-hybridized carbons (Fsp3) is 0.562. The SMILES string of the molecule is Cc1ccc(NC(=O)C(C)NC2(CO)CCOCC2)cc1. The molecular formula is C16H24N2O3. The number of carbonyl (C=O) groups excluding carboxylic acids is 1. The van der Waals surface area contributed by atoms with E-state index in [0.717, 1.165) is 11.3 Å². The Balaban J connectivity index is 1.93. The normalized spacial score (nSPS) is 19.0. The van der Waals surface area contributed by atoms with E-state index in [0.29, 0.717) is 26.1 Å². The maximum absolute atomic E-state index is 12.2. The van der Waals surface area contributed by atoms with Gasteiger partial charge in [-0.1, -0.05) is 17.7 Å². The van der Waals surface area contributed by atoms with E-state index < -0.39 is 5.54 Å². The van der Waals surface area contributed by atoms with Crippen LogP contribution in [0.5, 0.6) is 0 Å². The highest BCUT2D eigenvalue weighted by Crippen LogP contribution is 2.21. The number of nitrogens with one attached hydrogen (secondary N) is 2. The van der Waals surface area contributed by atoms with E-state index >= 15 is 0 Å². The van der Waals surface area contributed by atoms with Crippen LogP contribution in [0.2, 0.25) is 0 Å². The number of amides is 1. The summed E-state index contributed by atoms with van der Waals surface area (Å²) in [6.45, 7) is 5.06. The van der Waals surface area contributed by atoms with Crippen LogP contribution < -0.4 is 10.6 Å². The average molecular weight is 292 g/mol. The molecule has 3 N–H and O–H groups in total. The van der Waals surface area contributed by atoms with Crippen molar-refractivity contribution in [1.82, 2.24) is 5.32 Å². The minimum absolute atomic E-state index is 0.0124. The van der Waals surface area contributed by atoms with E-state index in [1.807, 2.05) is 38.1 Å². The Hall–Kier alpha value is -1.43. The minimum atomic E-state index is -0.414. The fourth-order valence-electron chi connectivity index (χ4n) is 2.52. The predicted octanol–water partition coefficient (Wildman–Crippen LogP) is 1.45. The summed E-state index contributed by atoms with van der Waals surface area (Å²) in [5.74, 6) is -0.0989. The molecule has 1 aliphatic rings. The molecule has 1 heterocycles. The number of anilines is 1. The van der Waals surface area contributed by atoms with Crippen molar-refractivity contribution in [3.8, 4) is 0 Å². The van der Waals surface area contributed by atoms with Gasteiger partial charge in [-0.3, -0.25) is 10.1 Å². The van der Waals surface area contributed by atoms with Crippen LogP contribution in [0.1, 0.15) is 25.3 Å². The van der Waals surface area contributed by atoms with Crippen LogP contribution >= 0.6 is 0 Å². The Morgan fingerprint density at radius 3 is 2.52 bits per heavy atom. The zero-order valence-electron chi connectivity index (χ0n) is 12.7. The van der Waals surface area contributed by atoms with E-state index in [9.17, 15) is 9.90 Å². The summed E-state index contributed by atoms with van der Waals surface area (Å²) in [4.78, 5) is 12.2. The summed E-state index contributed by atoms with van der Waals surface area (Å²) < 4.78 is 5.32. The summed E-state index contributed by atoms with van der Waals surface area (Å²) in [6.07, 6.45) is 1.43. The van der Waals surface area contributed by atoms with Gasteiger partial charge in [-0.25, -0.2) is 0 Å². The van der Waals surface area contributed by atoms with Gasteiger partial charge in [0.1, 0.15) is 0 Å². The highest BCUT2D eigenvalue weighted by molar-refractivity contribution is 5.94. The van der Waals surface area contributed by atoms with Crippen molar-refractivity contribution in [3.63, 3.8) is 0 Å². The van der Waals surface area contributed by atoms with Crippen molar-refractivity contribution < 1.29 is 14.6 Å². The molecule has 2 rings (SSSR count). The summed E-state index contributed by atoms with van der Waals surface area (Å²) in [6, 6.07) is 7.31. The molecule has 0 bridgehead atoms. The summed E-state index contributed by atoms with van der Waals surface area (Å²) >= 11 is 0. The van der Waals surface area contributed by atoms with Gasteiger partial charge in [0.2, 0.25) is 5.91 Å². The van der Waals surface area contributed by atoms with Crippen molar-refractivity contribution in [3.05, 3.63) is 29.8 Å². The summed E-state index contributed by atoms with van der Waals surface area (Å²) in [7, 11) is 0.